The summed E-state index contributed by atoms with van der Waals surface area (Å²) in [5.74, 6) is -3.49. The molecule has 2 N–H and O–H groups in total. The lowest BCUT2D eigenvalue weighted by Gasteiger charge is -2.38. The number of unbranched alkanes of at least 4 members (excludes halogenated alkanes) is 2. The summed E-state index contributed by atoms with van der Waals surface area (Å²) in [7, 11) is 0. The van der Waals surface area contributed by atoms with Crippen LogP contribution < -0.4 is 0 Å². The molecule has 3 rings (SSSR count). The molecule has 0 aromatic heterocycles. The molecule has 2 bridgehead atoms. The van der Waals surface area contributed by atoms with E-state index in [0.717, 1.165) is 6.42 Å². The van der Waals surface area contributed by atoms with Crippen LogP contribution >= 0.6 is 0 Å². The molecule has 8 nitrogen and oxygen atoms in total. The molecule has 1 spiro atoms. The largest absolute Gasteiger partial charge is 0.481 e. The molecule has 0 aliphatic carbocycles. The number of ether oxygens (including phenoxy) is 1. The lowest BCUT2D eigenvalue weighted by atomic mass is 9.62. The Kier molecular flexibility index (Phi) is 6.54. The molecule has 0 aromatic rings. The second kappa shape index (κ2) is 8.54. The van der Waals surface area contributed by atoms with E-state index in [1.165, 1.54) is 0 Å². The fourth-order valence-electron chi connectivity index (χ4n) is 6.06. The topological polar surface area (TPSA) is 107 Å². The predicted molar refractivity (Wildman–Crippen MR) is 114 cm³/mol. The zero-order valence-electron chi connectivity index (χ0n) is 19.0. The maximum absolute atomic E-state index is 13.9. The van der Waals surface area contributed by atoms with E-state index in [1.807, 2.05) is 20.8 Å². The van der Waals surface area contributed by atoms with E-state index in [2.05, 4.69) is 6.58 Å². The highest BCUT2D eigenvalue weighted by molar-refractivity contribution is 5.98. The third kappa shape index (κ3) is 3.48. The lowest BCUT2D eigenvalue weighted by molar-refractivity contribution is -0.158. The molecule has 3 fully saturated rings. The summed E-state index contributed by atoms with van der Waals surface area (Å²) < 4.78 is 6.47. The number of hydrogen-bond acceptors (Lipinski definition) is 5. The maximum atomic E-state index is 13.9. The summed E-state index contributed by atoms with van der Waals surface area (Å²) in [5, 5.41) is 19.1. The van der Waals surface area contributed by atoms with Crippen LogP contribution in [0.3, 0.4) is 0 Å². The molecule has 8 heteroatoms. The lowest BCUT2D eigenvalue weighted by Crippen LogP contribution is -2.57. The molecule has 3 saturated heterocycles. The first-order valence-corrected chi connectivity index (χ1v) is 11.3. The number of carbonyl (C=O) groups is 3. The van der Waals surface area contributed by atoms with Crippen molar-refractivity contribution in [3.8, 4) is 0 Å². The van der Waals surface area contributed by atoms with Crippen LogP contribution in [0.25, 0.3) is 0 Å². The smallest absolute Gasteiger partial charge is 0.310 e. The predicted octanol–water partition coefficient (Wildman–Crippen LogP) is 1.67. The van der Waals surface area contributed by atoms with Crippen LogP contribution in [0.5, 0.6) is 0 Å². The van der Waals surface area contributed by atoms with Gasteiger partial charge in [-0.3, -0.25) is 14.4 Å². The van der Waals surface area contributed by atoms with Crippen LogP contribution in [0.1, 0.15) is 53.4 Å². The molecule has 31 heavy (non-hydrogen) atoms. The highest BCUT2D eigenvalue weighted by Gasteiger charge is 2.80. The monoisotopic (exact) mass is 436 g/mol. The molecule has 3 aliphatic rings. The van der Waals surface area contributed by atoms with E-state index >= 15 is 0 Å². The van der Waals surface area contributed by atoms with Crippen LogP contribution in [0.4, 0.5) is 0 Å². The number of aliphatic carboxylic acids is 1. The molecule has 3 heterocycles. The Morgan fingerprint density at radius 3 is 2.58 bits per heavy atom. The fraction of sp³-hybridized carbons (Fsp3) is 0.783. The summed E-state index contributed by atoms with van der Waals surface area (Å²) in [6.07, 6.45) is 4.11. The van der Waals surface area contributed by atoms with Gasteiger partial charge in [-0.1, -0.05) is 13.0 Å². The van der Waals surface area contributed by atoms with Crippen molar-refractivity contribution < 1.29 is 29.3 Å². The maximum Gasteiger partial charge on any atom is 0.310 e. The molecular weight excluding hydrogens is 400 g/mol. The van der Waals surface area contributed by atoms with Crippen LogP contribution in [0, 0.1) is 17.8 Å². The number of amides is 2. The molecule has 0 saturated carbocycles. The molecule has 0 aromatic carbocycles. The summed E-state index contributed by atoms with van der Waals surface area (Å²) in [4.78, 5) is 43.0. The number of aliphatic hydroxyl groups excluding tert-OH is 1. The van der Waals surface area contributed by atoms with E-state index in [-0.39, 0.29) is 30.4 Å². The van der Waals surface area contributed by atoms with Crippen molar-refractivity contribution in [1.82, 2.24) is 9.80 Å². The SMILES string of the molecule is C=CCN(C(=O)C1N(CCCCCO)C(=O)[C@@H]2[C@H](C(=O)O)[C@@]3(C)OC12CC3C)C(C)C. The number of likely N-dealkylation sites (tertiary alicyclic amines) is 1. The summed E-state index contributed by atoms with van der Waals surface area (Å²) in [6, 6.07) is -0.954. The minimum absolute atomic E-state index is 0.0728. The van der Waals surface area contributed by atoms with Gasteiger partial charge in [-0.25, -0.2) is 0 Å². The number of carbonyl (C=O) groups excluding carboxylic acids is 2. The van der Waals surface area contributed by atoms with Gasteiger partial charge in [-0.15, -0.1) is 6.58 Å². The van der Waals surface area contributed by atoms with Gasteiger partial charge in [-0.2, -0.15) is 0 Å². The molecular formula is C23H36N2O6. The number of nitrogens with zero attached hydrogens (tertiary/aromatic N) is 2. The van der Waals surface area contributed by atoms with Gasteiger partial charge in [0.1, 0.15) is 17.6 Å². The molecule has 3 unspecified atom stereocenters. The zero-order valence-corrected chi connectivity index (χ0v) is 19.0. The van der Waals surface area contributed by atoms with Crippen LogP contribution in [-0.2, 0) is 19.1 Å². The normalized spacial score (nSPS) is 36.2. The van der Waals surface area contributed by atoms with Crippen molar-refractivity contribution in [1.29, 1.82) is 0 Å². The van der Waals surface area contributed by atoms with Gasteiger partial charge in [0.15, 0.2) is 0 Å². The summed E-state index contributed by atoms with van der Waals surface area (Å²) in [6.45, 7) is 12.1. The highest BCUT2D eigenvalue weighted by atomic mass is 16.5. The van der Waals surface area contributed by atoms with Gasteiger partial charge in [0.25, 0.3) is 0 Å². The van der Waals surface area contributed by atoms with E-state index in [4.69, 9.17) is 9.84 Å². The van der Waals surface area contributed by atoms with Gasteiger partial charge in [0.05, 0.1) is 11.5 Å². The van der Waals surface area contributed by atoms with Crippen LogP contribution in [0.15, 0.2) is 12.7 Å². The van der Waals surface area contributed by atoms with E-state index < -0.39 is 35.0 Å². The molecule has 174 valence electrons. The summed E-state index contributed by atoms with van der Waals surface area (Å²) in [5.41, 5.74) is -2.11. The van der Waals surface area contributed by atoms with Crippen molar-refractivity contribution in [2.75, 3.05) is 19.7 Å². The average Bonchev–Trinajstić information content (AvgIpc) is 3.20. The third-order valence-corrected chi connectivity index (χ3v) is 7.60. The van der Waals surface area contributed by atoms with Gasteiger partial charge < -0.3 is 24.7 Å². The van der Waals surface area contributed by atoms with E-state index in [1.54, 1.807) is 22.8 Å². The van der Waals surface area contributed by atoms with Gasteiger partial charge >= 0.3 is 5.97 Å². The van der Waals surface area contributed by atoms with E-state index in [9.17, 15) is 19.5 Å². The number of aliphatic hydroxyl groups is 1. The van der Waals surface area contributed by atoms with E-state index in [0.29, 0.717) is 32.4 Å². The Balaban J connectivity index is 2.05. The minimum atomic E-state index is -1.13. The van der Waals surface area contributed by atoms with Gasteiger partial charge in [-0.05, 0) is 52.4 Å². The Bertz CT molecular complexity index is 754. The Morgan fingerprint density at radius 2 is 2.03 bits per heavy atom. The average molecular weight is 437 g/mol. The fourth-order valence-corrected chi connectivity index (χ4v) is 6.06. The van der Waals surface area contributed by atoms with Crippen molar-refractivity contribution >= 4 is 17.8 Å². The Labute approximate surface area is 184 Å². The Morgan fingerprint density at radius 1 is 1.35 bits per heavy atom. The number of carboxylic acids is 1. The van der Waals surface area contributed by atoms with Crippen molar-refractivity contribution in [3.05, 3.63) is 12.7 Å². The first kappa shape index (κ1) is 23.7. The molecule has 3 aliphatic heterocycles. The quantitative estimate of drug-likeness (QED) is 0.398. The van der Waals surface area contributed by atoms with Crippen LogP contribution in [-0.4, -0.2) is 80.8 Å². The standard InChI is InChI=1S/C23H36N2O6/c1-6-10-24(14(2)3)20(28)18-23-13-15(4)22(5,31-23)17(21(29)30)16(23)19(27)25(18)11-8-7-9-12-26/h6,14-18,26H,1,7-13H2,2-5H3,(H,29,30)/t15?,16-,17+,18?,22-,23?/m0/s1. The van der Waals surface area contributed by atoms with Gasteiger partial charge in [0.2, 0.25) is 11.8 Å². The zero-order chi connectivity index (χ0) is 23.1. The van der Waals surface area contributed by atoms with Gasteiger partial charge in [0, 0.05) is 25.7 Å². The number of rotatable bonds is 10. The van der Waals surface area contributed by atoms with Crippen LogP contribution in [0.2, 0.25) is 0 Å². The highest BCUT2D eigenvalue weighted by Crippen LogP contribution is 2.65. The molecule has 2 amide bonds. The molecule has 0 radical (unpaired) electrons. The minimum Gasteiger partial charge on any atom is -0.481 e. The third-order valence-electron chi connectivity index (χ3n) is 7.60. The second-order valence-corrected chi connectivity index (χ2v) is 9.73. The molecule has 6 atom stereocenters. The number of hydrogen-bond donors (Lipinski definition) is 2. The first-order chi connectivity index (χ1) is 14.6. The van der Waals surface area contributed by atoms with Crippen molar-refractivity contribution in [2.45, 2.75) is 76.7 Å². The summed E-state index contributed by atoms with van der Waals surface area (Å²) >= 11 is 0. The Hall–Kier alpha value is -1.93. The van der Waals surface area contributed by atoms with Crippen molar-refractivity contribution in [3.63, 3.8) is 0 Å². The number of carboxylic acid groups (broad SMARTS) is 1. The second-order valence-electron chi connectivity index (χ2n) is 9.73. The number of fused-ring (bicyclic) bond motifs is 1. The first-order valence-electron chi connectivity index (χ1n) is 11.3. The van der Waals surface area contributed by atoms with Crippen molar-refractivity contribution in [2.24, 2.45) is 17.8 Å².